The molecule has 2 unspecified atom stereocenters. The smallest absolute Gasteiger partial charge is 0.336 e. The summed E-state index contributed by atoms with van der Waals surface area (Å²) in [6.07, 6.45) is 1.11. The van der Waals surface area contributed by atoms with Crippen LogP contribution in [-0.4, -0.2) is 24.2 Å². The molecule has 3 nitrogen and oxygen atoms in total. The summed E-state index contributed by atoms with van der Waals surface area (Å²) in [6.45, 7) is 6.19. The van der Waals surface area contributed by atoms with E-state index in [0.29, 0.717) is 17.4 Å². The van der Waals surface area contributed by atoms with E-state index in [0.717, 1.165) is 24.4 Å². The van der Waals surface area contributed by atoms with Crippen LogP contribution in [0.25, 0.3) is 0 Å². The molecule has 4 heteroatoms. The molecule has 0 amide bonds. The second-order valence-electron chi connectivity index (χ2n) is 4.50. The van der Waals surface area contributed by atoms with E-state index in [1.54, 1.807) is 11.3 Å². The number of thiophene rings is 1. The molecule has 2 atom stereocenters. The zero-order valence-corrected chi connectivity index (χ0v) is 10.4. The van der Waals surface area contributed by atoms with Crippen LogP contribution >= 0.6 is 11.3 Å². The number of carboxylic acid groups (broad SMARTS) is 1. The average molecular weight is 239 g/mol. The van der Waals surface area contributed by atoms with Crippen LogP contribution in [-0.2, 0) is 0 Å². The van der Waals surface area contributed by atoms with Crippen molar-refractivity contribution in [2.24, 2.45) is 5.92 Å². The highest BCUT2D eigenvalue weighted by Gasteiger charge is 2.25. The number of aryl methyl sites for hydroxylation is 1. The molecule has 1 aliphatic heterocycles. The number of hydrogen-bond donors (Lipinski definition) is 2. The first-order valence-corrected chi connectivity index (χ1v) is 6.45. The Labute approximate surface area is 99.5 Å². The van der Waals surface area contributed by atoms with E-state index in [4.69, 9.17) is 5.11 Å². The van der Waals surface area contributed by atoms with Crippen molar-refractivity contribution in [2.45, 2.75) is 26.2 Å². The van der Waals surface area contributed by atoms with E-state index in [1.807, 2.05) is 13.0 Å². The van der Waals surface area contributed by atoms with E-state index in [9.17, 15) is 4.79 Å². The third kappa shape index (κ3) is 2.13. The molecule has 2 N–H and O–H groups in total. The van der Waals surface area contributed by atoms with Gasteiger partial charge in [0.2, 0.25) is 0 Å². The Morgan fingerprint density at radius 1 is 1.62 bits per heavy atom. The lowest BCUT2D eigenvalue weighted by atomic mass is 9.86. The lowest BCUT2D eigenvalue weighted by Gasteiger charge is -2.28. The predicted octanol–water partition coefficient (Wildman–Crippen LogP) is 2.47. The molecule has 1 aromatic rings. The molecule has 0 aromatic carbocycles. The van der Waals surface area contributed by atoms with Gasteiger partial charge in [-0.1, -0.05) is 6.92 Å². The highest BCUT2D eigenvalue weighted by molar-refractivity contribution is 7.12. The summed E-state index contributed by atoms with van der Waals surface area (Å²) in [6, 6.07) is 1.87. The second kappa shape index (κ2) is 4.55. The molecular weight excluding hydrogens is 222 g/mol. The van der Waals surface area contributed by atoms with Gasteiger partial charge in [-0.25, -0.2) is 4.79 Å². The van der Waals surface area contributed by atoms with Crippen molar-refractivity contribution in [1.82, 2.24) is 5.32 Å². The maximum atomic E-state index is 11.0. The Kier molecular flexibility index (Phi) is 3.30. The van der Waals surface area contributed by atoms with Crippen molar-refractivity contribution in [1.29, 1.82) is 0 Å². The second-order valence-corrected chi connectivity index (χ2v) is 5.79. The standard InChI is InChI=1S/C12H17NO2S/c1-7-6-13-4-3-9(7)11-5-10(12(14)15)8(2)16-11/h5,7,9,13H,3-4,6H2,1-2H3,(H,14,15). The quantitative estimate of drug-likeness (QED) is 0.833. The van der Waals surface area contributed by atoms with Crippen LogP contribution in [0.2, 0.25) is 0 Å². The number of nitrogens with one attached hydrogen (secondary N) is 1. The van der Waals surface area contributed by atoms with E-state index >= 15 is 0 Å². The van der Waals surface area contributed by atoms with Crippen LogP contribution in [0.3, 0.4) is 0 Å². The minimum atomic E-state index is -0.804. The number of rotatable bonds is 2. The van der Waals surface area contributed by atoms with Gasteiger partial charge in [-0.2, -0.15) is 0 Å². The molecular formula is C12H17NO2S. The Hall–Kier alpha value is -0.870. The molecule has 0 aliphatic carbocycles. The molecule has 2 heterocycles. The Bertz CT molecular complexity index is 400. The van der Waals surface area contributed by atoms with E-state index < -0.39 is 5.97 Å². The molecule has 0 bridgehead atoms. The summed E-state index contributed by atoms with van der Waals surface area (Å²) in [5.74, 6) is 0.313. The summed E-state index contributed by atoms with van der Waals surface area (Å²) in [5.41, 5.74) is 0.478. The first kappa shape index (κ1) is 11.6. The Morgan fingerprint density at radius 2 is 2.38 bits per heavy atom. The lowest BCUT2D eigenvalue weighted by Crippen LogP contribution is -2.33. The zero-order valence-electron chi connectivity index (χ0n) is 9.62. The Balaban J connectivity index is 2.26. The molecule has 0 radical (unpaired) electrons. The van der Waals surface area contributed by atoms with Gasteiger partial charge >= 0.3 is 5.97 Å². The molecule has 0 saturated carbocycles. The van der Waals surface area contributed by atoms with Crippen LogP contribution in [0.5, 0.6) is 0 Å². The number of aromatic carboxylic acids is 1. The van der Waals surface area contributed by atoms with E-state index in [1.165, 1.54) is 4.88 Å². The van der Waals surface area contributed by atoms with Crippen LogP contribution in [0, 0.1) is 12.8 Å². The van der Waals surface area contributed by atoms with Crippen molar-refractivity contribution >= 4 is 17.3 Å². The number of piperidine rings is 1. The lowest BCUT2D eigenvalue weighted by molar-refractivity contribution is 0.0696. The summed E-state index contributed by atoms with van der Waals surface area (Å²) < 4.78 is 0. The first-order chi connectivity index (χ1) is 7.59. The molecule has 1 aliphatic rings. The largest absolute Gasteiger partial charge is 0.478 e. The van der Waals surface area contributed by atoms with Gasteiger partial charge in [0.25, 0.3) is 0 Å². The minimum Gasteiger partial charge on any atom is -0.478 e. The van der Waals surface area contributed by atoms with Crippen molar-refractivity contribution < 1.29 is 9.90 Å². The third-order valence-corrected chi connectivity index (χ3v) is 4.50. The Morgan fingerprint density at radius 3 is 2.94 bits per heavy atom. The number of carbonyl (C=O) groups is 1. The summed E-state index contributed by atoms with van der Waals surface area (Å²) in [5, 5.41) is 12.4. The van der Waals surface area contributed by atoms with Crippen LogP contribution < -0.4 is 5.32 Å². The van der Waals surface area contributed by atoms with Gasteiger partial charge in [-0.15, -0.1) is 11.3 Å². The van der Waals surface area contributed by atoms with Crippen LogP contribution in [0.1, 0.15) is 39.4 Å². The van der Waals surface area contributed by atoms with Crippen LogP contribution in [0.4, 0.5) is 0 Å². The maximum absolute atomic E-state index is 11.0. The molecule has 88 valence electrons. The zero-order chi connectivity index (χ0) is 11.7. The summed E-state index contributed by atoms with van der Waals surface area (Å²) in [4.78, 5) is 13.2. The predicted molar refractivity (Wildman–Crippen MR) is 65.4 cm³/mol. The molecule has 1 saturated heterocycles. The first-order valence-electron chi connectivity index (χ1n) is 5.64. The molecule has 2 rings (SSSR count). The molecule has 1 fully saturated rings. The molecule has 1 aromatic heterocycles. The topological polar surface area (TPSA) is 49.3 Å². The van der Waals surface area contributed by atoms with Gasteiger partial charge < -0.3 is 10.4 Å². The van der Waals surface area contributed by atoms with Gasteiger partial charge in [0.05, 0.1) is 5.56 Å². The highest BCUT2D eigenvalue weighted by Crippen LogP contribution is 2.36. The molecule has 0 spiro atoms. The van der Waals surface area contributed by atoms with E-state index in [2.05, 4.69) is 12.2 Å². The fourth-order valence-corrected chi connectivity index (χ4v) is 3.62. The van der Waals surface area contributed by atoms with Crippen molar-refractivity contribution in [3.05, 3.63) is 21.4 Å². The van der Waals surface area contributed by atoms with Crippen molar-refractivity contribution in [3.8, 4) is 0 Å². The van der Waals surface area contributed by atoms with Crippen LogP contribution in [0.15, 0.2) is 6.07 Å². The van der Waals surface area contributed by atoms with Crippen molar-refractivity contribution in [3.63, 3.8) is 0 Å². The van der Waals surface area contributed by atoms with Gasteiger partial charge in [0.15, 0.2) is 0 Å². The number of hydrogen-bond acceptors (Lipinski definition) is 3. The monoisotopic (exact) mass is 239 g/mol. The van der Waals surface area contributed by atoms with Gasteiger partial charge in [0, 0.05) is 9.75 Å². The summed E-state index contributed by atoms with van der Waals surface area (Å²) >= 11 is 1.64. The fraction of sp³-hybridized carbons (Fsp3) is 0.583. The minimum absolute atomic E-state index is 0.478. The van der Waals surface area contributed by atoms with Crippen molar-refractivity contribution in [2.75, 3.05) is 13.1 Å². The molecule has 16 heavy (non-hydrogen) atoms. The van der Waals surface area contributed by atoms with E-state index in [-0.39, 0.29) is 0 Å². The third-order valence-electron chi connectivity index (χ3n) is 3.32. The van der Waals surface area contributed by atoms with Gasteiger partial charge in [-0.05, 0) is 44.3 Å². The number of carboxylic acids is 1. The average Bonchev–Trinajstić information content (AvgIpc) is 2.61. The highest BCUT2D eigenvalue weighted by atomic mass is 32.1. The SMILES string of the molecule is Cc1sc(C2CCNCC2C)cc1C(=O)O. The normalized spacial score (nSPS) is 25.6. The maximum Gasteiger partial charge on any atom is 0.336 e. The van der Waals surface area contributed by atoms with Gasteiger partial charge in [-0.3, -0.25) is 0 Å². The fourth-order valence-electron chi connectivity index (χ4n) is 2.34. The summed E-state index contributed by atoms with van der Waals surface area (Å²) in [7, 11) is 0. The van der Waals surface area contributed by atoms with Gasteiger partial charge in [0.1, 0.15) is 0 Å².